The minimum absolute atomic E-state index is 0.384. The molecule has 0 saturated heterocycles. The van der Waals surface area contributed by atoms with Gasteiger partial charge in [-0.2, -0.15) is 11.8 Å². The fourth-order valence-corrected chi connectivity index (χ4v) is 3.76. The highest BCUT2D eigenvalue weighted by atomic mass is 32.2. The normalized spacial score (nSPS) is 11.8. The van der Waals surface area contributed by atoms with Crippen LogP contribution in [0.3, 0.4) is 0 Å². The van der Waals surface area contributed by atoms with Crippen molar-refractivity contribution in [1.82, 2.24) is 10.0 Å². The van der Waals surface area contributed by atoms with E-state index in [9.17, 15) is 8.42 Å². The van der Waals surface area contributed by atoms with Gasteiger partial charge in [-0.3, -0.25) is 0 Å². The molecule has 0 bridgehead atoms. The molecule has 0 unspecified atom stereocenters. The van der Waals surface area contributed by atoms with Crippen LogP contribution in [0, 0.1) is 6.92 Å². The van der Waals surface area contributed by atoms with Crippen LogP contribution < -0.4 is 10.0 Å². The van der Waals surface area contributed by atoms with E-state index < -0.39 is 10.0 Å². The van der Waals surface area contributed by atoms with Crippen LogP contribution in [-0.4, -0.2) is 34.0 Å². The summed E-state index contributed by atoms with van der Waals surface area (Å²) in [5.74, 6) is 1.07. The molecule has 0 heterocycles. The topological polar surface area (TPSA) is 58.2 Å². The molecule has 6 heteroatoms. The number of benzene rings is 1. The molecule has 2 N–H and O–H groups in total. The first-order chi connectivity index (χ1) is 9.51. The van der Waals surface area contributed by atoms with Gasteiger partial charge in [0.1, 0.15) is 0 Å². The lowest BCUT2D eigenvalue weighted by Gasteiger charge is -2.11. The number of aryl methyl sites for hydroxylation is 1. The zero-order valence-electron chi connectivity index (χ0n) is 12.4. The number of hydrogen-bond acceptors (Lipinski definition) is 4. The lowest BCUT2D eigenvalue weighted by Crippen LogP contribution is -2.25. The van der Waals surface area contributed by atoms with Crippen LogP contribution in [-0.2, 0) is 16.6 Å². The van der Waals surface area contributed by atoms with Crippen LogP contribution in [0.25, 0.3) is 0 Å². The van der Waals surface area contributed by atoms with Crippen molar-refractivity contribution in [3.63, 3.8) is 0 Å². The van der Waals surface area contributed by atoms with E-state index in [0.717, 1.165) is 29.7 Å². The fraction of sp³-hybridized carbons (Fsp3) is 0.571. The van der Waals surface area contributed by atoms with E-state index in [0.29, 0.717) is 18.0 Å². The molecule has 20 heavy (non-hydrogen) atoms. The SMILES string of the molecule is CNCc1ccc(C)c(S(=O)(=O)NCCCCSC)c1. The second-order valence-electron chi connectivity index (χ2n) is 4.73. The first kappa shape index (κ1) is 17.5. The van der Waals surface area contributed by atoms with Crippen LogP contribution in [0.1, 0.15) is 24.0 Å². The molecule has 0 aliphatic rings. The summed E-state index contributed by atoms with van der Waals surface area (Å²) in [6.45, 7) is 2.99. The summed E-state index contributed by atoms with van der Waals surface area (Å²) in [6, 6.07) is 5.55. The fourth-order valence-electron chi connectivity index (χ4n) is 1.90. The van der Waals surface area contributed by atoms with E-state index >= 15 is 0 Å². The Balaban J connectivity index is 2.73. The van der Waals surface area contributed by atoms with Crippen LogP contribution in [0.2, 0.25) is 0 Å². The number of thioether (sulfide) groups is 1. The van der Waals surface area contributed by atoms with Gasteiger partial charge in [0.2, 0.25) is 10.0 Å². The third-order valence-electron chi connectivity index (χ3n) is 2.99. The summed E-state index contributed by atoms with van der Waals surface area (Å²) < 4.78 is 27.3. The van der Waals surface area contributed by atoms with E-state index in [1.165, 1.54) is 0 Å². The zero-order chi connectivity index (χ0) is 15.0. The van der Waals surface area contributed by atoms with Crippen LogP contribution in [0.4, 0.5) is 0 Å². The molecule has 0 radical (unpaired) electrons. The van der Waals surface area contributed by atoms with E-state index in [2.05, 4.69) is 16.3 Å². The van der Waals surface area contributed by atoms with Crippen molar-refractivity contribution in [2.75, 3.05) is 25.6 Å². The first-order valence-corrected chi connectivity index (χ1v) is 9.61. The van der Waals surface area contributed by atoms with Gasteiger partial charge in [-0.15, -0.1) is 0 Å². The van der Waals surface area contributed by atoms with Crippen molar-refractivity contribution >= 4 is 21.8 Å². The molecule has 0 saturated carbocycles. The summed E-state index contributed by atoms with van der Waals surface area (Å²) in [6.07, 6.45) is 3.96. The Kier molecular flexibility index (Phi) is 7.58. The molecular formula is C14H24N2O2S2. The Labute approximate surface area is 126 Å². The lowest BCUT2D eigenvalue weighted by atomic mass is 10.1. The summed E-state index contributed by atoms with van der Waals surface area (Å²) in [5.41, 5.74) is 1.75. The number of nitrogens with one attached hydrogen (secondary N) is 2. The second-order valence-corrected chi connectivity index (χ2v) is 7.45. The maximum Gasteiger partial charge on any atom is 0.240 e. The molecule has 114 valence electrons. The number of unbranched alkanes of at least 4 members (excludes halogenated alkanes) is 1. The van der Waals surface area contributed by atoms with E-state index in [1.807, 2.05) is 26.1 Å². The van der Waals surface area contributed by atoms with Crippen molar-refractivity contribution in [3.8, 4) is 0 Å². The molecular weight excluding hydrogens is 292 g/mol. The highest BCUT2D eigenvalue weighted by molar-refractivity contribution is 7.98. The first-order valence-electron chi connectivity index (χ1n) is 6.74. The van der Waals surface area contributed by atoms with Crippen molar-refractivity contribution in [1.29, 1.82) is 0 Å². The summed E-state index contributed by atoms with van der Waals surface area (Å²) in [7, 11) is -1.56. The quantitative estimate of drug-likeness (QED) is 0.685. The molecule has 1 rings (SSSR count). The summed E-state index contributed by atoms with van der Waals surface area (Å²) in [4.78, 5) is 0.384. The zero-order valence-corrected chi connectivity index (χ0v) is 14.0. The van der Waals surface area contributed by atoms with Crippen molar-refractivity contribution in [3.05, 3.63) is 29.3 Å². The van der Waals surface area contributed by atoms with Crippen molar-refractivity contribution < 1.29 is 8.42 Å². The van der Waals surface area contributed by atoms with Gasteiger partial charge in [-0.25, -0.2) is 13.1 Å². The molecule has 4 nitrogen and oxygen atoms in total. The van der Waals surface area contributed by atoms with Gasteiger partial charge in [-0.05, 0) is 56.0 Å². The van der Waals surface area contributed by atoms with Crippen molar-refractivity contribution in [2.45, 2.75) is 31.2 Å². The predicted molar refractivity (Wildman–Crippen MR) is 86.7 cm³/mol. The molecule has 0 amide bonds. The van der Waals surface area contributed by atoms with Gasteiger partial charge in [0, 0.05) is 13.1 Å². The highest BCUT2D eigenvalue weighted by Gasteiger charge is 2.16. The lowest BCUT2D eigenvalue weighted by molar-refractivity contribution is 0.577. The number of hydrogen-bond donors (Lipinski definition) is 2. The number of rotatable bonds is 9. The molecule has 1 aromatic rings. The predicted octanol–water partition coefficient (Wildman–Crippen LogP) is 2.14. The Hall–Kier alpha value is -0.560. The van der Waals surface area contributed by atoms with Crippen LogP contribution >= 0.6 is 11.8 Å². The molecule has 0 aromatic heterocycles. The van der Waals surface area contributed by atoms with Gasteiger partial charge in [0.25, 0.3) is 0 Å². The average Bonchev–Trinajstić information content (AvgIpc) is 2.41. The van der Waals surface area contributed by atoms with E-state index in [-0.39, 0.29) is 0 Å². The summed E-state index contributed by atoms with van der Waals surface area (Å²) >= 11 is 1.78. The molecule has 0 aliphatic carbocycles. The van der Waals surface area contributed by atoms with Crippen molar-refractivity contribution in [2.24, 2.45) is 0 Å². The third-order valence-corrected chi connectivity index (χ3v) is 5.29. The van der Waals surface area contributed by atoms with Gasteiger partial charge in [-0.1, -0.05) is 12.1 Å². The smallest absolute Gasteiger partial charge is 0.240 e. The van der Waals surface area contributed by atoms with Gasteiger partial charge in [0.05, 0.1) is 4.90 Å². The Morgan fingerprint density at radius 2 is 2.00 bits per heavy atom. The number of sulfonamides is 1. The van der Waals surface area contributed by atoms with E-state index in [1.54, 1.807) is 17.8 Å². The minimum Gasteiger partial charge on any atom is -0.316 e. The standard InChI is InChI=1S/C14H24N2O2S2/c1-12-6-7-13(11-15-2)10-14(12)20(17,18)16-8-4-5-9-19-3/h6-7,10,15-16H,4-5,8-9,11H2,1-3H3. The molecule has 1 aromatic carbocycles. The second kappa shape index (κ2) is 8.67. The Bertz CT molecular complexity index is 516. The Morgan fingerprint density at radius 3 is 2.65 bits per heavy atom. The summed E-state index contributed by atoms with van der Waals surface area (Å²) in [5, 5.41) is 3.03. The third kappa shape index (κ3) is 5.44. The maximum absolute atomic E-state index is 12.3. The Morgan fingerprint density at radius 1 is 1.25 bits per heavy atom. The molecule has 0 aliphatic heterocycles. The van der Waals surface area contributed by atoms with Crippen LogP contribution in [0.15, 0.2) is 23.1 Å². The molecule has 0 atom stereocenters. The average molecular weight is 316 g/mol. The largest absolute Gasteiger partial charge is 0.316 e. The van der Waals surface area contributed by atoms with E-state index in [4.69, 9.17) is 0 Å². The molecule has 0 fully saturated rings. The maximum atomic E-state index is 12.3. The minimum atomic E-state index is -3.40. The molecule has 0 spiro atoms. The van der Waals surface area contributed by atoms with Gasteiger partial charge >= 0.3 is 0 Å². The highest BCUT2D eigenvalue weighted by Crippen LogP contribution is 2.17. The van der Waals surface area contributed by atoms with Gasteiger partial charge < -0.3 is 5.32 Å². The monoisotopic (exact) mass is 316 g/mol. The van der Waals surface area contributed by atoms with Gasteiger partial charge in [0.15, 0.2) is 0 Å². The van der Waals surface area contributed by atoms with Crippen LogP contribution in [0.5, 0.6) is 0 Å².